The normalized spacial score (nSPS) is 12.3. The number of pyridine rings is 1. The van der Waals surface area contributed by atoms with Crippen molar-refractivity contribution in [2.75, 3.05) is 25.7 Å². The molecule has 20 heavy (non-hydrogen) atoms. The molecule has 0 aliphatic carbocycles. The van der Waals surface area contributed by atoms with Crippen molar-refractivity contribution < 1.29 is 14.6 Å². The molecule has 0 bridgehead atoms. The quantitative estimate of drug-likeness (QED) is 0.907. The van der Waals surface area contributed by atoms with E-state index in [9.17, 15) is 9.90 Å². The van der Waals surface area contributed by atoms with Gasteiger partial charge in [0.05, 0.1) is 18.2 Å². The Morgan fingerprint density at radius 1 is 1.40 bits per heavy atom. The molecule has 1 N–H and O–H groups in total. The highest BCUT2D eigenvalue weighted by Gasteiger charge is 2.17. The van der Waals surface area contributed by atoms with E-state index in [4.69, 9.17) is 4.74 Å². The molecule has 0 saturated heterocycles. The Kier molecular flexibility index (Phi) is 4.20. The van der Waals surface area contributed by atoms with Crippen LogP contribution in [0.2, 0.25) is 0 Å². The number of likely N-dealkylation sites (N-methyl/N-ethyl adjacent to an activating group) is 1. The first-order chi connectivity index (χ1) is 9.56. The number of carboxylic acid groups (broad SMARTS) is 1. The monoisotopic (exact) mass is 274 g/mol. The van der Waals surface area contributed by atoms with Gasteiger partial charge in [0.2, 0.25) is 0 Å². The van der Waals surface area contributed by atoms with E-state index in [-0.39, 0.29) is 11.6 Å². The molecule has 1 unspecified atom stereocenters. The smallest absolute Gasteiger partial charge is 0.337 e. The van der Waals surface area contributed by atoms with Gasteiger partial charge in [0.15, 0.2) is 0 Å². The van der Waals surface area contributed by atoms with Crippen LogP contribution in [0.15, 0.2) is 30.5 Å². The highest BCUT2D eigenvalue weighted by Crippen LogP contribution is 2.27. The van der Waals surface area contributed by atoms with Crippen molar-refractivity contribution in [3.05, 3.63) is 36.0 Å². The van der Waals surface area contributed by atoms with E-state index >= 15 is 0 Å². The molecule has 0 fully saturated rings. The Hall–Kier alpha value is -2.14. The zero-order valence-corrected chi connectivity index (χ0v) is 11.8. The van der Waals surface area contributed by atoms with Crippen LogP contribution in [0, 0.1) is 0 Å². The molecule has 0 radical (unpaired) electrons. The van der Waals surface area contributed by atoms with Gasteiger partial charge in [-0.3, -0.25) is 0 Å². The maximum Gasteiger partial charge on any atom is 0.337 e. The van der Waals surface area contributed by atoms with Crippen LogP contribution in [0.4, 0.5) is 5.82 Å². The van der Waals surface area contributed by atoms with Gasteiger partial charge < -0.3 is 14.7 Å². The Bertz CT molecular complexity index is 628. The zero-order chi connectivity index (χ0) is 14.7. The number of ether oxygens (including phenoxy) is 1. The van der Waals surface area contributed by atoms with Gasteiger partial charge in [-0.2, -0.15) is 0 Å². The molecule has 0 saturated carbocycles. The minimum atomic E-state index is -0.965. The lowest BCUT2D eigenvalue weighted by atomic mass is 10.1. The van der Waals surface area contributed by atoms with E-state index < -0.39 is 5.97 Å². The van der Waals surface area contributed by atoms with Crippen LogP contribution in [-0.2, 0) is 4.74 Å². The van der Waals surface area contributed by atoms with Crippen molar-refractivity contribution in [1.82, 2.24) is 4.98 Å². The number of methoxy groups -OCH3 is 1. The second-order valence-electron chi connectivity index (χ2n) is 4.76. The molecular weight excluding hydrogens is 256 g/mol. The minimum absolute atomic E-state index is 0.145. The SMILES string of the molecule is COCC(C)N(C)c1ncc(C(=O)O)c2ccccc12. The van der Waals surface area contributed by atoms with E-state index in [0.29, 0.717) is 12.0 Å². The van der Waals surface area contributed by atoms with Crippen LogP contribution in [0.5, 0.6) is 0 Å². The summed E-state index contributed by atoms with van der Waals surface area (Å²) in [7, 11) is 3.59. The van der Waals surface area contributed by atoms with Crippen LogP contribution in [-0.4, -0.2) is 42.9 Å². The number of aromatic carboxylic acids is 1. The third-order valence-electron chi connectivity index (χ3n) is 3.41. The second-order valence-corrected chi connectivity index (χ2v) is 4.76. The number of nitrogens with zero attached hydrogens (tertiary/aromatic N) is 2. The average molecular weight is 274 g/mol. The van der Waals surface area contributed by atoms with E-state index in [0.717, 1.165) is 11.2 Å². The van der Waals surface area contributed by atoms with Gasteiger partial charge >= 0.3 is 5.97 Å². The molecule has 1 heterocycles. The standard InChI is InChI=1S/C15H18N2O3/c1-10(9-20-3)17(2)14-12-7-5-4-6-11(12)13(8-16-14)15(18)19/h4-8,10H,9H2,1-3H3,(H,18,19). The topological polar surface area (TPSA) is 62.7 Å². The molecule has 0 aliphatic rings. The molecule has 2 aromatic rings. The predicted octanol–water partition coefficient (Wildman–Crippen LogP) is 2.40. The third kappa shape index (κ3) is 2.58. The van der Waals surface area contributed by atoms with Gasteiger partial charge in [0.25, 0.3) is 0 Å². The second kappa shape index (κ2) is 5.88. The number of anilines is 1. The number of carboxylic acids is 1. The molecule has 0 spiro atoms. The summed E-state index contributed by atoms with van der Waals surface area (Å²) < 4.78 is 5.16. The molecule has 5 nitrogen and oxygen atoms in total. The molecule has 0 amide bonds. The number of fused-ring (bicyclic) bond motifs is 1. The van der Waals surface area contributed by atoms with Crippen molar-refractivity contribution in [2.45, 2.75) is 13.0 Å². The van der Waals surface area contributed by atoms with Gasteiger partial charge in [0.1, 0.15) is 5.82 Å². The summed E-state index contributed by atoms with van der Waals surface area (Å²) in [4.78, 5) is 17.6. The van der Waals surface area contributed by atoms with Gasteiger partial charge in [-0.1, -0.05) is 24.3 Å². The summed E-state index contributed by atoms with van der Waals surface area (Å²) in [6.45, 7) is 2.61. The summed E-state index contributed by atoms with van der Waals surface area (Å²) in [5.41, 5.74) is 0.220. The Morgan fingerprint density at radius 2 is 2.05 bits per heavy atom. The molecule has 5 heteroatoms. The van der Waals surface area contributed by atoms with Gasteiger partial charge in [0, 0.05) is 31.1 Å². The van der Waals surface area contributed by atoms with E-state index in [1.54, 1.807) is 13.2 Å². The number of rotatable bonds is 5. The fourth-order valence-electron chi connectivity index (χ4n) is 2.19. The first kappa shape index (κ1) is 14.3. The number of hydrogen-bond donors (Lipinski definition) is 1. The number of carbonyl (C=O) groups is 1. The summed E-state index contributed by atoms with van der Waals surface area (Å²) in [5.74, 6) is -0.206. The Morgan fingerprint density at radius 3 is 2.65 bits per heavy atom. The third-order valence-corrected chi connectivity index (χ3v) is 3.41. The highest BCUT2D eigenvalue weighted by molar-refractivity contribution is 6.06. The summed E-state index contributed by atoms with van der Waals surface area (Å²) in [6.07, 6.45) is 1.41. The molecule has 1 atom stereocenters. The van der Waals surface area contributed by atoms with Crippen LogP contribution in [0.25, 0.3) is 10.8 Å². The van der Waals surface area contributed by atoms with Gasteiger partial charge in [-0.15, -0.1) is 0 Å². The average Bonchev–Trinajstić information content (AvgIpc) is 2.45. The largest absolute Gasteiger partial charge is 0.478 e. The fourth-order valence-corrected chi connectivity index (χ4v) is 2.19. The lowest BCUT2D eigenvalue weighted by Crippen LogP contribution is -2.33. The molecule has 1 aromatic heterocycles. The maximum absolute atomic E-state index is 11.3. The number of hydrogen-bond acceptors (Lipinski definition) is 4. The molecule has 2 rings (SSSR count). The summed E-state index contributed by atoms with van der Waals surface area (Å²) in [6, 6.07) is 7.55. The fraction of sp³-hybridized carbons (Fsp3) is 0.333. The summed E-state index contributed by atoms with van der Waals surface area (Å²) >= 11 is 0. The summed E-state index contributed by atoms with van der Waals surface area (Å²) in [5, 5.41) is 10.8. The molecule has 1 aromatic carbocycles. The first-order valence-electron chi connectivity index (χ1n) is 6.39. The van der Waals surface area contributed by atoms with Gasteiger partial charge in [-0.05, 0) is 6.92 Å². The van der Waals surface area contributed by atoms with Crippen LogP contribution in [0.3, 0.4) is 0 Å². The Labute approximate surface area is 117 Å². The van der Waals surface area contributed by atoms with Crippen molar-refractivity contribution >= 4 is 22.6 Å². The molecular formula is C15H18N2O3. The Balaban J connectivity index is 2.56. The molecule has 106 valence electrons. The maximum atomic E-state index is 11.3. The lowest BCUT2D eigenvalue weighted by Gasteiger charge is -2.26. The van der Waals surface area contributed by atoms with Crippen molar-refractivity contribution in [1.29, 1.82) is 0 Å². The van der Waals surface area contributed by atoms with Crippen molar-refractivity contribution in [3.8, 4) is 0 Å². The zero-order valence-electron chi connectivity index (χ0n) is 11.8. The lowest BCUT2D eigenvalue weighted by molar-refractivity contribution is 0.0698. The first-order valence-corrected chi connectivity index (χ1v) is 6.39. The minimum Gasteiger partial charge on any atom is -0.478 e. The van der Waals surface area contributed by atoms with Crippen molar-refractivity contribution in [3.63, 3.8) is 0 Å². The highest BCUT2D eigenvalue weighted by atomic mass is 16.5. The van der Waals surface area contributed by atoms with E-state index in [1.165, 1.54) is 6.20 Å². The van der Waals surface area contributed by atoms with Crippen molar-refractivity contribution in [2.24, 2.45) is 0 Å². The van der Waals surface area contributed by atoms with E-state index in [2.05, 4.69) is 4.98 Å². The van der Waals surface area contributed by atoms with Crippen LogP contribution < -0.4 is 4.90 Å². The van der Waals surface area contributed by atoms with Crippen LogP contribution >= 0.6 is 0 Å². The van der Waals surface area contributed by atoms with E-state index in [1.807, 2.05) is 37.1 Å². The number of aromatic nitrogens is 1. The number of benzene rings is 1. The predicted molar refractivity (Wildman–Crippen MR) is 78.4 cm³/mol. The molecule has 0 aliphatic heterocycles. The van der Waals surface area contributed by atoms with Gasteiger partial charge in [-0.25, -0.2) is 9.78 Å². The van der Waals surface area contributed by atoms with Crippen LogP contribution in [0.1, 0.15) is 17.3 Å².